The Kier molecular flexibility index (Phi) is 6.57. The van der Waals surface area contributed by atoms with Crippen LogP contribution in [0.25, 0.3) is 0 Å². The van der Waals surface area contributed by atoms with Crippen molar-refractivity contribution in [1.29, 1.82) is 0 Å². The van der Waals surface area contributed by atoms with Crippen LogP contribution in [0.4, 0.5) is 5.69 Å². The molecule has 5 nitrogen and oxygen atoms in total. The zero-order chi connectivity index (χ0) is 18.2. The van der Waals surface area contributed by atoms with Gasteiger partial charge in [0.2, 0.25) is 0 Å². The Morgan fingerprint density at radius 3 is 2.32 bits per heavy atom. The van der Waals surface area contributed by atoms with Crippen LogP contribution in [-0.4, -0.2) is 25.1 Å². The third-order valence-corrected chi connectivity index (χ3v) is 3.69. The van der Waals surface area contributed by atoms with E-state index in [1.54, 1.807) is 6.07 Å². The molecule has 2 rings (SSSR count). The lowest BCUT2D eigenvalue weighted by molar-refractivity contribution is -0.149. The third kappa shape index (κ3) is 5.95. The van der Waals surface area contributed by atoms with Crippen LogP contribution >= 0.6 is 0 Å². The fourth-order valence-corrected chi connectivity index (χ4v) is 2.18. The number of carbonyl (C=O) groups excluding carboxylic acids is 2. The molecule has 0 aliphatic heterocycles. The summed E-state index contributed by atoms with van der Waals surface area (Å²) in [4.78, 5) is 23.5. The number of carbonyl (C=O) groups is 2. The van der Waals surface area contributed by atoms with Crippen LogP contribution < -0.4 is 10.1 Å². The Labute approximate surface area is 148 Å². The molecule has 0 aromatic heterocycles. The number of ether oxygens (including phenoxy) is 2. The summed E-state index contributed by atoms with van der Waals surface area (Å²) < 4.78 is 10.3. The fraction of sp³-hybridized carbons (Fsp3) is 0.300. The summed E-state index contributed by atoms with van der Waals surface area (Å²) in [5.41, 5.74) is 2.84. The second kappa shape index (κ2) is 8.87. The topological polar surface area (TPSA) is 64.6 Å². The molecule has 0 saturated carbocycles. The minimum Gasteiger partial charge on any atom is -0.482 e. The van der Waals surface area contributed by atoms with Gasteiger partial charge in [-0.2, -0.15) is 0 Å². The molecule has 0 aliphatic carbocycles. The highest BCUT2D eigenvalue weighted by atomic mass is 16.6. The summed E-state index contributed by atoms with van der Waals surface area (Å²) in [6.07, 6.45) is 0. The van der Waals surface area contributed by atoms with E-state index in [1.807, 2.05) is 49.4 Å². The predicted molar refractivity (Wildman–Crippen MR) is 96.8 cm³/mol. The van der Waals surface area contributed by atoms with E-state index in [4.69, 9.17) is 9.47 Å². The number of esters is 1. The lowest BCUT2D eigenvalue weighted by Gasteiger charge is -2.10. The van der Waals surface area contributed by atoms with E-state index in [0.717, 1.165) is 5.56 Å². The zero-order valence-corrected chi connectivity index (χ0v) is 14.7. The van der Waals surface area contributed by atoms with Gasteiger partial charge in [-0.25, -0.2) is 4.79 Å². The molecule has 2 aromatic carbocycles. The Balaban J connectivity index is 1.73. The maximum absolute atomic E-state index is 11.8. The molecular formula is C20H23NO4. The summed E-state index contributed by atoms with van der Waals surface area (Å²) >= 11 is 0. The van der Waals surface area contributed by atoms with Gasteiger partial charge in [-0.1, -0.05) is 44.2 Å². The second-order valence-electron chi connectivity index (χ2n) is 6.04. The first-order chi connectivity index (χ1) is 12.0. The first-order valence-corrected chi connectivity index (χ1v) is 8.19. The van der Waals surface area contributed by atoms with E-state index in [0.29, 0.717) is 17.4 Å². The smallest absolute Gasteiger partial charge is 0.344 e. The van der Waals surface area contributed by atoms with Gasteiger partial charge in [0.25, 0.3) is 5.91 Å². The van der Waals surface area contributed by atoms with Crippen LogP contribution in [-0.2, 0) is 14.3 Å². The quantitative estimate of drug-likeness (QED) is 0.780. The molecule has 0 heterocycles. The summed E-state index contributed by atoms with van der Waals surface area (Å²) in [6.45, 7) is 5.52. The number of para-hydroxylation sites is 1. The van der Waals surface area contributed by atoms with Gasteiger partial charge in [-0.15, -0.1) is 0 Å². The molecule has 2 aromatic rings. The van der Waals surface area contributed by atoms with Gasteiger partial charge in [-0.3, -0.25) is 4.79 Å². The molecule has 0 atom stereocenters. The highest BCUT2D eigenvalue weighted by Gasteiger charge is 2.10. The van der Waals surface area contributed by atoms with Crippen molar-refractivity contribution in [3.63, 3.8) is 0 Å². The van der Waals surface area contributed by atoms with E-state index in [2.05, 4.69) is 19.2 Å². The number of nitrogens with one attached hydrogen (secondary N) is 1. The number of benzene rings is 2. The molecule has 0 aliphatic rings. The molecule has 0 spiro atoms. The maximum Gasteiger partial charge on any atom is 0.344 e. The van der Waals surface area contributed by atoms with Gasteiger partial charge < -0.3 is 14.8 Å². The monoisotopic (exact) mass is 341 g/mol. The second-order valence-corrected chi connectivity index (χ2v) is 6.04. The zero-order valence-electron chi connectivity index (χ0n) is 14.7. The average Bonchev–Trinajstić information content (AvgIpc) is 2.60. The first-order valence-electron chi connectivity index (χ1n) is 8.19. The Morgan fingerprint density at radius 2 is 1.68 bits per heavy atom. The van der Waals surface area contributed by atoms with E-state index < -0.39 is 5.97 Å². The number of anilines is 1. The molecule has 5 heteroatoms. The van der Waals surface area contributed by atoms with Gasteiger partial charge in [0.1, 0.15) is 5.75 Å². The minimum absolute atomic E-state index is 0.237. The molecule has 0 fully saturated rings. The number of hydrogen-bond acceptors (Lipinski definition) is 4. The summed E-state index contributed by atoms with van der Waals surface area (Å²) in [6, 6.07) is 14.9. The molecule has 1 amide bonds. The number of aryl methyl sites for hydroxylation is 1. The number of hydrogen-bond donors (Lipinski definition) is 1. The van der Waals surface area contributed by atoms with Crippen LogP contribution in [0.1, 0.15) is 30.9 Å². The van der Waals surface area contributed by atoms with Crippen molar-refractivity contribution in [2.24, 2.45) is 0 Å². The number of rotatable bonds is 7. The first kappa shape index (κ1) is 18.5. The lowest BCUT2D eigenvalue weighted by atomic mass is 10.0. The number of amides is 1. The van der Waals surface area contributed by atoms with Crippen LogP contribution in [0.2, 0.25) is 0 Å². The van der Waals surface area contributed by atoms with Crippen LogP contribution in [0.3, 0.4) is 0 Å². The van der Waals surface area contributed by atoms with E-state index >= 15 is 0 Å². The van der Waals surface area contributed by atoms with E-state index in [-0.39, 0.29) is 19.1 Å². The van der Waals surface area contributed by atoms with E-state index in [9.17, 15) is 9.59 Å². The van der Waals surface area contributed by atoms with Gasteiger partial charge in [0.05, 0.1) is 0 Å². The largest absolute Gasteiger partial charge is 0.482 e. The van der Waals surface area contributed by atoms with Crippen molar-refractivity contribution < 1.29 is 19.1 Å². The van der Waals surface area contributed by atoms with Crippen molar-refractivity contribution in [2.75, 3.05) is 18.5 Å². The summed E-state index contributed by atoms with van der Waals surface area (Å²) in [5.74, 6) is 0.0493. The molecule has 0 bridgehead atoms. The molecule has 0 saturated heterocycles. The van der Waals surface area contributed by atoms with Crippen molar-refractivity contribution in [3.8, 4) is 5.75 Å². The van der Waals surface area contributed by atoms with Gasteiger partial charge in [0, 0.05) is 5.69 Å². The van der Waals surface area contributed by atoms with Crippen LogP contribution in [0.5, 0.6) is 5.75 Å². The molecular weight excluding hydrogens is 318 g/mol. The van der Waals surface area contributed by atoms with Crippen molar-refractivity contribution in [3.05, 3.63) is 59.7 Å². The minimum atomic E-state index is -0.590. The van der Waals surface area contributed by atoms with E-state index in [1.165, 1.54) is 5.56 Å². The third-order valence-electron chi connectivity index (χ3n) is 3.69. The van der Waals surface area contributed by atoms with Crippen molar-refractivity contribution in [1.82, 2.24) is 0 Å². The summed E-state index contributed by atoms with van der Waals surface area (Å²) in [7, 11) is 0. The van der Waals surface area contributed by atoms with Crippen LogP contribution in [0.15, 0.2) is 48.5 Å². The SMILES string of the molecule is Cc1ccccc1NC(=O)COC(=O)COc1ccc(C(C)C)cc1. The molecule has 0 radical (unpaired) electrons. The highest BCUT2D eigenvalue weighted by Crippen LogP contribution is 2.18. The lowest BCUT2D eigenvalue weighted by Crippen LogP contribution is -2.23. The normalized spacial score (nSPS) is 10.4. The molecule has 1 N–H and O–H groups in total. The molecule has 132 valence electrons. The average molecular weight is 341 g/mol. The Hall–Kier alpha value is -2.82. The Morgan fingerprint density at radius 1 is 1.00 bits per heavy atom. The van der Waals surface area contributed by atoms with Crippen LogP contribution in [0, 0.1) is 6.92 Å². The van der Waals surface area contributed by atoms with Gasteiger partial charge in [0.15, 0.2) is 13.2 Å². The van der Waals surface area contributed by atoms with Crippen molar-refractivity contribution >= 4 is 17.6 Å². The van der Waals surface area contributed by atoms with Gasteiger partial charge >= 0.3 is 5.97 Å². The Bertz CT molecular complexity index is 723. The standard InChI is InChI=1S/C20H23NO4/c1-14(2)16-8-10-17(11-9-16)24-13-20(23)25-12-19(22)21-18-7-5-4-6-15(18)3/h4-11,14H,12-13H2,1-3H3,(H,21,22). The molecule has 0 unspecified atom stereocenters. The predicted octanol–water partition coefficient (Wildman–Crippen LogP) is 3.68. The van der Waals surface area contributed by atoms with Gasteiger partial charge in [-0.05, 0) is 42.2 Å². The summed E-state index contributed by atoms with van der Waals surface area (Å²) in [5, 5.41) is 2.70. The van der Waals surface area contributed by atoms with Crippen molar-refractivity contribution in [2.45, 2.75) is 26.7 Å². The fourth-order valence-electron chi connectivity index (χ4n) is 2.18. The highest BCUT2D eigenvalue weighted by molar-refractivity contribution is 5.93. The molecule has 25 heavy (non-hydrogen) atoms. The maximum atomic E-state index is 11.8.